The van der Waals surface area contributed by atoms with E-state index in [1.165, 1.54) is 10.7 Å². The van der Waals surface area contributed by atoms with Gasteiger partial charge in [-0.05, 0) is 45.6 Å². The van der Waals surface area contributed by atoms with Crippen LogP contribution in [0.25, 0.3) is 0 Å². The highest BCUT2D eigenvalue weighted by Gasteiger charge is 2.36. The molecule has 0 spiro atoms. The predicted octanol–water partition coefficient (Wildman–Crippen LogP) is 1.45. The summed E-state index contributed by atoms with van der Waals surface area (Å²) in [6.07, 6.45) is 5.55. The summed E-state index contributed by atoms with van der Waals surface area (Å²) in [7, 11) is -4.06. The zero-order valence-corrected chi connectivity index (χ0v) is 15.4. The molecule has 2 N–H and O–H groups in total. The summed E-state index contributed by atoms with van der Waals surface area (Å²) in [5, 5.41) is 12.1. The Bertz CT molecular complexity index is 909. The molecular formula is C15H21N7O3S. The third-order valence-corrected chi connectivity index (χ3v) is 5.65. The van der Waals surface area contributed by atoms with E-state index in [1.807, 2.05) is 18.6 Å². The summed E-state index contributed by atoms with van der Waals surface area (Å²) >= 11 is 0. The molecule has 11 heteroatoms. The molecule has 0 atom stereocenters. The molecule has 2 amide bonds. The molecule has 2 saturated carbocycles. The maximum absolute atomic E-state index is 12.4. The zero-order chi connectivity index (χ0) is 18.5. The number of carbonyl (C=O) groups excluding carboxylic acids is 1. The van der Waals surface area contributed by atoms with Crippen LogP contribution in [0.15, 0.2) is 17.3 Å². The third kappa shape index (κ3) is 3.30. The first-order valence-corrected chi connectivity index (χ1v) is 10.2. The number of aromatic nitrogens is 5. The molecule has 2 aromatic heterocycles. The third-order valence-electron chi connectivity index (χ3n) is 4.43. The first-order chi connectivity index (χ1) is 12.3. The van der Waals surface area contributed by atoms with E-state index >= 15 is 0 Å². The van der Waals surface area contributed by atoms with Crippen LogP contribution in [-0.2, 0) is 10.0 Å². The van der Waals surface area contributed by atoms with Crippen LogP contribution < -0.4 is 10.1 Å². The van der Waals surface area contributed by atoms with Crippen molar-refractivity contribution >= 4 is 16.1 Å². The molecule has 0 saturated heterocycles. The average molecular weight is 379 g/mol. The zero-order valence-electron chi connectivity index (χ0n) is 14.6. The molecule has 2 heterocycles. The van der Waals surface area contributed by atoms with Crippen molar-refractivity contribution < 1.29 is 13.2 Å². The van der Waals surface area contributed by atoms with Gasteiger partial charge in [-0.1, -0.05) is 0 Å². The molecule has 0 aliphatic heterocycles. The van der Waals surface area contributed by atoms with Crippen molar-refractivity contribution in [2.24, 2.45) is 0 Å². The molecule has 10 nitrogen and oxygen atoms in total. The Labute approximate surface area is 151 Å². The lowest BCUT2D eigenvalue weighted by Crippen LogP contribution is -2.39. The summed E-state index contributed by atoms with van der Waals surface area (Å²) in [6, 6.07) is 0.527. The van der Waals surface area contributed by atoms with E-state index in [4.69, 9.17) is 0 Å². The predicted molar refractivity (Wildman–Crippen MR) is 91.7 cm³/mol. The average Bonchev–Trinajstić information content (AvgIpc) is 3.49. The molecule has 2 aromatic rings. The first-order valence-electron chi connectivity index (χ1n) is 8.69. The Hall–Kier alpha value is -2.43. The second kappa shape index (κ2) is 6.08. The fourth-order valence-electron chi connectivity index (χ4n) is 2.69. The number of rotatable bonds is 6. The van der Waals surface area contributed by atoms with E-state index < -0.39 is 16.1 Å². The van der Waals surface area contributed by atoms with Crippen LogP contribution in [0.2, 0.25) is 0 Å². The van der Waals surface area contributed by atoms with Gasteiger partial charge < -0.3 is 0 Å². The van der Waals surface area contributed by atoms with Crippen LogP contribution in [0, 0.1) is 0 Å². The second-order valence-electron chi connectivity index (χ2n) is 7.07. The highest BCUT2D eigenvalue weighted by atomic mass is 32.2. The highest BCUT2D eigenvalue weighted by molar-refractivity contribution is 7.90. The lowest BCUT2D eigenvalue weighted by Gasteiger charge is -2.12. The van der Waals surface area contributed by atoms with Gasteiger partial charge in [0, 0.05) is 24.1 Å². The fourth-order valence-corrected chi connectivity index (χ4v) is 3.52. The van der Waals surface area contributed by atoms with Crippen LogP contribution in [0.3, 0.4) is 0 Å². The molecule has 0 bridgehead atoms. The number of hydrogen-bond acceptors (Lipinski definition) is 6. The van der Waals surface area contributed by atoms with Crippen molar-refractivity contribution in [2.45, 2.75) is 62.4 Å². The summed E-state index contributed by atoms with van der Waals surface area (Å²) in [6.45, 7) is 3.77. The van der Waals surface area contributed by atoms with Gasteiger partial charge in [0.25, 0.3) is 10.0 Å². The number of nitrogens with zero attached hydrogens (tertiary/aromatic N) is 5. The van der Waals surface area contributed by atoms with E-state index in [9.17, 15) is 13.2 Å². The van der Waals surface area contributed by atoms with Crippen LogP contribution in [-0.4, -0.2) is 39.1 Å². The number of amides is 2. The molecule has 4 rings (SSSR count). The number of sulfonamides is 1. The first kappa shape index (κ1) is 17.0. The van der Waals surface area contributed by atoms with E-state index in [1.54, 1.807) is 10.9 Å². The van der Waals surface area contributed by atoms with Crippen LogP contribution in [0.5, 0.6) is 0 Å². The Morgan fingerprint density at radius 3 is 2.19 bits per heavy atom. The molecule has 0 unspecified atom stereocenters. The van der Waals surface area contributed by atoms with Gasteiger partial charge in [-0.25, -0.2) is 19.6 Å². The molecular weight excluding hydrogens is 358 g/mol. The maximum atomic E-state index is 12.4. The van der Waals surface area contributed by atoms with Gasteiger partial charge in [-0.3, -0.25) is 4.68 Å². The minimum atomic E-state index is -4.06. The van der Waals surface area contributed by atoms with Crippen LogP contribution >= 0.6 is 0 Å². The molecule has 0 aromatic carbocycles. The lowest BCUT2D eigenvalue weighted by molar-refractivity contribution is 0.253. The summed E-state index contributed by atoms with van der Waals surface area (Å²) in [5.41, 5.74) is 2.59. The van der Waals surface area contributed by atoms with Gasteiger partial charge in [0.15, 0.2) is 16.7 Å². The Morgan fingerprint density at radius 1 is 1.15 bits per heavy atom. The standard InChI is InChI=1S/C15H21N7O3S/c1-9(2)21-8-7-12(18-21)26(24,25)20-15(23)19-22-13(10-3-4-10)16-17-14(22)11-5-6-11/h7-11H,3-6H2,1-2H3,(H2,19,20,23). The topological polar surface area (TPSA) is 124 Å². The van der Waals surface area contributed by atoms with Crippen molar-refractivity contribution in [3.8, 4) is 0 Å². The Balaban J connectivity index is 1.51. The van der Waals surface area contributed by atoms with Crippen molar-refractivity contribution in [3.63, 3.8) is 0 Å². The normalized spacial score (nSPS) is 17.5. The van der Waals surface area contributed by atoms with E-state index in [0.29, 0.717) is 11.6 Å². The minimum Gasteiger partial charge on any atom is -0.269 e. The monoisotopic (exact) mass is 379 g/mol. The van der Waals surface area contributed by atoms with E-state index in [-0.39, 0.29) is 22.9 Å². The molecule has 140 valence electrons. The van der Waals surface area contributed by atoms with E-state index in [0.717, 1.165) is 25.7 Å². The van der Waals surface area contributed by atoms with Crippen LogP contribution in [0.4, 0.5) is 4.79 Å². The number of urea groups is 1. The molecule has 2 aliphatic rings. The van der Waals surface area contributed by atoms with Gasteiger partial charge >= 0.3 is 6.03 Å². The maximum Gasteiger partial charge on any atom is 0.347 e. The quantitative estimate of drug-likeness (QED) is 0.783. The number of carbonyl (C=O) groups is 1. The van der Waals surface area contributed by atoms with Crippen molar-refractivity contribution in [3.05, 3.63) is 23.9 Å². The molecule has 2 fully saturated rings. The van der Waals surface area contributed by atoms with Gasteiger partial charge in [-0.15, -0.1) is 10.2 Å². The molecule has 0 radical (unpaired) electrons. The van der Waals surface area contributed by atoms with Crippen molar-refractivity contribution in [2.75, 3.05) is 5.43 Å². The fraction of sp³-hybridized carbons (Fsp3) is 0.600. The highest BCUT2D eigenvalue weighted by Crippen LogP contribution is 2.43. The van der Waals surface area contributed by atoms with Crippen molar-refractivity contribution in [1.29, 1.82) is 0 Å². The molecule has 2 aliphatic carbocycles. The second-order valence-corrected chi connectivity index (χ2v) is 8.70. The van der Waals surface area contributed by atoms with Crippen LogP contribution in [0.1, 0.15) is 69.1 Å². The van der Waals surface area contributed by atoms with Crippen molar-refractivity contribution in [1.82, 2.24) is 29.4 Å². The smallest absolute Gasteiger partial charge is 0.269 e. The number of nitrogens with one attached hydrogen (secondary N) is 2. The number of hydrogen-bond donors (Lipinski definition) is 2. The summed E-state index contributed by atoms with van der Waals surface area (Å²) in [4.78, 5) is 12.3. The Morgan fingerprint density at radius 2 is 1.73 bits per heavy atom. The summed E-state index contributed by atoms with van der Waals surface area (Å²) < 4.78 is 29.8. The SMILES string of the molecule is CC(C)n1ccc(S(=O)(=O)NC(=O)Nn2c(C3CC3)nnc2C2CC2)n1. The van der Waals surface area contributed by atoms with Gasteiger partial charge in [0.1, 0.15) is 0 Å². The minimum absolute atomic E-state index is 0.0204. The molecule has 26 heavy (non-hydrogen) atoms. The Kier molecular flexibility index (Phi) is 3.98. The van der Waals surface area contributed by atoms with Gasteiger partial charge in [-0.2, -0.15) is 13.5 Å². The largest absolute Gasteiger partial charge is 0.347 e. The van der Waals surface area contributed by atoms with Gasteiger partial charge in [0.05, 0.1) is 0 Å². The van der Waals surface area contributed by atoms with E-state index in [2.05, 4.69) is 20.7 Å². The van der Waals surface area contributed by atoms with Gasteiger partial charge in [0.2, 0.25) is 0 Å². The summed E-state index contributed by atoms with van der Waals surface area (Å²) in [5.74, 6) is 1.91. The lowest BCUT2D eigenvalue weighted by atomic mass is 10.4.